The lowest BCUT2D eigenvalue weighted by Crippen LogP contribution is -2.35. The second kappa shape index (κ2) is 11.8. The molecule has 35 heavy (non-hydrogen) atoms. The number of aliphatic hydroxyl groups is 1. The molecule has 0 aliphatic carbocycles. The van der Waals surface area contributed by atoms with Gasteiger partial charge in [0.05, 0.1) is 32.4 Å². The molecule has 1 heterocycles. The van der Waals surface area contributed by atoms with E-state index in [4.69, 9.17) is 14.2 Å². The van der Waals surface area contributed by atoms with Crippen LogP contribution in [-0.2, 0) is 9.59 Å². The number of benzene rings is 2. The maximum absolute atomic E-state index is 13.2. The van der Waals surface area contributed by atoms with Crippen molar-refractivity contribution in [3.05, 3.63) is 59.2 Å². The molecule has 0 saturated carbocycles. The van der Waals surface area contributed by atoms with Crippen LogP contribution in [0, 0.1) is 0 Å². The van der Waals surface area contributed by atoms with Crippen LogP contribution in [0.2, 0.25) is 0 Å². The molecule has 1 amide bonds. The Hall–Kier alpha value is -3.52. The summed E-state index contributed by atoms with van der Waals surface area (Å²) >= 11 is 0. The highest BCUT2D eigenvalue weighted by atomic mass is 16.5. The number of ketones is 1. The number of likely N-dealkylation sites (tertiary alicyclic amines) is 1. The number of ether oxygens (including phenoxy) is 3. The first kappa shape index (κ1) is 26.1. The normalized spacial score (nSPS) is 17.2. The van der Waals surface area contributed by atoms with Crippen molar-refractivity contribution in [2.45, 2.75) is 25.8 Å². The number of carbonyl (C=O) groups excluding carboxylic acids is 2. The van der Waals surface area contributed by atoms with Gasteiger partial charge in [-0.3, -0.25) is 9.59 Å². The third kappa shape index (κ3) is 5.77. The van der Waals surface area contributed by atoms with Crippen LogP contribution in [-0.4, -0.2) is 74.6 Å². The number of Topliss-reactive ketones (excluding diaryl/α,β-unsaturated/α-hetero) is 1. The Morgan fingerprint density at radius 2 is 1.71 bits per heavy atom. The molecular formula is C27H34N2O6. The lowest BCUT2D eigenvalue weighted by molar-refractivity contribution is -0.140. The fourth-order valence-electron chi connectivity index (χ4n) is 3.99. The van der Waals surface area contributed by atoms with Crippen LogP contribution in [0.25, 0.3) is 5.76 Å². The predicted molar refractivity (Wildman–Crippen MR) is 134 cm³/mol. The summed E-state index contributed by atoms with van der Waals surface area (Å²) in [4.78, 5) is 29.8. The fraction of sp³-hybridized carbons (Fsp3) is 0.407. The third-order valence-corrected chi connectivity index (χ3v) is 5.95. The van der Waals surface area contributed by atoms with Gasteiger partial charge in [0.15, 0.2) is 0 Å². The fourth-order valence-corrected chi connectivity index (χ4v) is 3.99. The monoisotopic (exact) mass is 482 g/mol. The number of hydrogen-bond acceptors (Lipinski definition) is 7. The molecule has 3 rings (SSSR count). The number of unbranched alkanes of at least 4 members (excludes halogenated alkanes) is 1. The lowest BCUT2D eigenvalue weighted by atomic mass is 9.94. The highest BCUT2D eigenvalue weighted by Crippen LogP contribution is 2.43. The Bertz CT molecular complexity index is 1080. The molecule has 0 radical (unpaired) electrons. The molecule has 0 bridgehead atoms. The van der Waals surface area contributed by atoms with Crippen LogP contribution >= 0.6 is 0 Å². The van der Waals surface area contributed by atoms with Crippen LogP contribution < -0.4 is 14.2 Å². The van der Waals surface area contributed by atoms with Crippen LogP contribution in [0.3, 0.4) is 0 Å². The average molecular weight is 483 g/mol. The quantitative estimate of drug-likeness (QED) is 0.225. The minimum Gasteiger partial charge on any atom is -0.507 e. The molecular weight excluding hydrogens is 448 g/mol. The zero-order valence-electron chi connectivity index (χ0n) is 21.0. The molecule has 188 valence electrons. The van der Waals surface area contributed by atoms with Gasteiger partial charge in [-0.25, -0.2) is 0 Å². The largest absolute Gasteiger partial charge is 0.507 e. The van der Waals surface area contributed by atoms with Gasteiger partial charge in [0.25, 0.3) is 11.7 Å². The zero-order valence-corrected chi connectivity index (χ0v) is 21.0. The Morgan fingerprint density at radius 3 is 2.31 bits per heavy atom. The van der Waals surface area contributed by atoms with E-state index >= 15 is 0 Å². The Balaban J connectivity index is 2.11. The average Bonchev–Trinajstić information content (AvgIpc) is 3.11. The molecule has 1 aliphatic heterocycles. The Labute approximate surface area is 206 Å². The molecule has 8 nitrogen and oxygen atoms in total. The van der Waals surface area contributed by atoms with Crippen molar-refractivity contribution in [2.24, 2.45) is 0 Å². The number of nitrogens with zero attached hydrogens (tertiary/aromatic N) is 2. The van der Waals surface area contributed by atoms with Crippen molar-refractivity contribution in [2.75, 3.05) is 48.0 Å². The molecule has 1 unspecified atom stereocenters. The van der Waals surface area contributed by atoms with Gasteiger partial charge in [-0.2, -0.15) is 0 Å². The highest BCUT2D eigenvalue weighted by Gasteiger charge is 2.47. The van der Waals surface area contributed by atoms with Gasteiger partial charge in [-0.1, -0.05) is 13.3 Å². The third-order valence-electron chi connectivity index (χ3n) is 5.95. The minimum atomic E-state index is -0.833. The first-order chi connectivity index (χ1) is 16.8. The first-order valence-corrected chi connectivity index (χ1v) is 11.7. The lowest BCUT2D eigenvalue weighted by Gasteiger charge is -2.28. The number of likely N-dealkylation sites (N-methyl/N-ethyl adjacent to an activating group) is 1. The van der Waals surface area contributed by atoms with E-state index in [1.54, 1.807) is 49.6 Å². The summed E-state index contributed by atoms with van der Waals surface area (Å²) < 4.78 is 16.7. The molecule has 1 atom stereocenters. The second-order valence-corrected chi connectivity index (χ2v) is 8.63. The molecule has 0 spiro atoms. The molecule has 2 aromatic carbocycles. The van der Waals surface area contributed by atoms with E-state index in [2.05, 4.69) is 6.92 Å². The van der Waals surface area contributed by atoms with Gasteiger partial charge < -0.3 is 29.1 Å². The van der Waals surface area contributed by atoms with Gasteiger partial charge in [0.2, 0.25) is 0 Å². The van der Waals surface area contributed by atoms with Crippen molar-refractivity contribution in [3.63, 3.8) is 0 Å². The van der Waals surface area contributed by atoms with Crippen LogP contribution in [0.1, 0.15) is 36.9 Å². The maximum atomic E-state index is 13.2. The predicted octanol–water partition coefficient (Wildman–Crippen LogP) is 3.87. The summed E-state index contributed by atoms with van der Waals surface area (Å²) in [5.41, 5.74) is 0.996. The SMILES string of the molecule is CCCCOc1ccc(/C(O)=C2/C(=O)C(=O)N(CCN(C)C)C2c2cc(OC)ccc2OC)cc1. The Morgan fingerprint density at radius 1 is 1.03 bits per heavy atom. The molecule has 1 N–H and O–H groups in total. The van der Waals surface area contributed by atoms with Crippen molar-refractivity contribution in [1.29, 1.82) is 0 Å². The van der Waals surface area contributed by atoms with Crippen LogP contribution in [0.15, 0.2) is 48.0 Å². The number of hydrogen-bond donors (Lipinski definition) is 1. The molecule has 0 aromatic heterocycles. The molecule has 1 saturated heterocycles. The van der Waals surface area contributed by atoms with E-state index in [-0.39, 0.29) is 11.3 Å². The maximum Gasteiger partial charge on any atom is 0.295 e. The summed E-state index contributed by atoms with van der Waals surface area (Å²) in [6.45, 7) is 3.53. The van der Waals surface area contributed by atoms with Crippen molar-refractivity contribution in [3.8, 4) is 17.2 Å². The standard InChI is InChI=1S/C27H34N2O6/c1-6-7-16-35-19-10-8-18(9-11-19)25(30)23-24(21-17-20(33-4)12-13-22(21)34-5)29(15-14-28(2)3)27(32)26(23)31/h8-13,17,24,30H,6-7,14-16H2,1-5H3/b25-23-. The highest BCUT2D eigenvalue weighted by molar-refractivity contribution is 6.46. The minimum absolute atomic E-state index is 0.0139. The summed E-state index contributed by atoms with van der Waals surface area (Å²) in [7, 11) is 6.84. The molecule has 1 aliphatic rings. The van der Waals surface area contributed by atoms with E-state index in [0.717, 1.165) is 12.8 Å². The number of rotatable bonds is 11. The smallest absolute Gasteiger partial charge is 0.295 e. The molecule has 2 aromatic rings. The van der Waals surface area contributed by atoms with E-state index < -0.39 is 17.7 Å². The van der Waals surface area contributed by atoms with E-state index in [1.165, 1.54) is 12.0 Å². The van der Waals surface area contributed by atoms with E-state index in [0.29, 0.717) is 48.1 Å². The van der Waals surface area contributed by atoms with Gasteiger partial charge in [0.1, 0.15) is 23.0 Å². The van der Waals surface area contributed by atoms with Crippen molar-refractivity contribution in [1.82, 2.24) is 9.80 Å². The first-order valence-electron chi connectivity index (χ1n) is 11.7. The summed E-state index contributed by atoms with van der Waals surface area (Å²) in [6, 6.07) is 11.2. The zero-order chi connectivity index (χ0) is 25.5. The van der Waals surface area contributed by atoms with Crippen molar-refractivity contribution < 1.29 is 28.9 Å². The summed E-state index contributed by atoms with van der Waals surface area (Å²) in [5.74, 6) is 0.0611. The van der Waals surface area contributed by atoms with Gasteiger partial charge in [-0.05, 0) is 63.0 Å². The topological polar surface area (TPSA) is 88.5 Å². The number of aliphatic hydroxyl groups excluding tert-OH is 1. The van der Waals surface area contributed by atoms with Crippen LogP contribution in [0.4, 0.5) is 0 Å². The number of carbonyl (C=O) groups is 2. The van der Waals surface area contributed by atoms with Crippen LogP contribution in [0.5, 0.6) is 17.2 Å². The van der Waals surface area contributed by atoms with Gasteiger partial charge in [0, 0.05) is 24.2 Å². The molecule has 1 fully saturated rings. The second-order valence-electron chi connectivity index (χ2n) is 8.63. The number of amides is 1. The van der Waals surface area contributed by atoms with E-state index in [1.807, 2.05) is 19.0 Å². The molecule has 8 heteroatoms. The summed E-state index contributed by atoms with van der Waals surface area (Å²) in [5, 5.41) is 11.3. The van der Waals surface area contributed by atoms with E-state index in [9.17, 15) is 14.7 Å². The Kier molecular flexibility index (Phi) is 8.76. The number of methoxy groups -OCH3 is 2. The van der Waals surface area contributed by atoms with Gasteiger partial charge >= 0.3 is 0 Å². The van der Waals surface area contributed by atoms with Crippen molar-refractivity contribution >= 4 is 17.4 Å². The summed E-state index contributed by atoms with van der Waals surface area (Å²) in [6.07, 6.45) is 1.97. The van der Waals surface area contributed by atoms with Gasteiger partial charge in [-0.15, -0.1) is 0 Å².